The molecule has 3 aromatic rings. The van der Waals surface area contributed by atoms with Crippen LogP contribution in [0.1, 0.15) is 27.2 Å². The monoisotopic (exact) mass is 366 g/mol. The molecule has 0 saturated heterocycles. The van der Waals surface area contributed by atoms with Gasteiger partial charge in [-0.15, -0.1) is 0 Å². The zero-order chi connectivity index (χ0) is 18.5. The van der Waals surface area contributed by atoms with Gasteiger partial charge in [-0.25, -0.2) is 9.97 Å². The third-order valence-electron chi connectivity index (χ3n) is 3.95. The van der Waals surface area contributed by atoms with Crippen LogP contribution < -0.4 is 10.6 Å². The Kier molecular flexibility index (Phi) is 5.49. The largest absolute Gasteiger partial charge is 0.347 e. The molecule has 2 N–H and O–H groups in total. The summed E-state index contributed by atoms with van der Waals surface area (Å²) in [6.07, 6.45) is 1.37. The Hall–Kier alpha value is -2.92. The molecule has 0 atom stereocenters. The van der Waals surface area contributed by atoms with Crippen molar-refractivity contribution in [3.8, 4) is 0 Å². The lowest BCUT2D eigenvalue weighted by Gasteiger charge is -2.11. The van der Waals surface area contributed by atoms with Gasteiger partial charge in [-0.05, 0) is 42.7 Å². The molecule has 1 amide bonds. The smallest absolute Gasteiger partial charge is 0.270 e. The van der Waals surface area contributed by atoms with E-state index in [0.717, 1.165) is 22.4 Å². The summed E-state index contributed by atoms with van der Waals surface area (Å²) >= 11 is 6.11. The van der Waals surface area contributed by atoms with Crippen LogP contribution in [0.3, 0.4) is 0 Å². The number of nitrogens with one attached hydrogen (secondary N) is 2. The van der Waals surface area contributed by atoms with Gasteiger partial charge in [0.25, 0.3) is 5.91 Å². The van der Waals surface area contributed by atoms with Crippen molar-refractivity contribution in [3.05, 3.63) is 82.3 Å². The van der Waals surface area contributed by atoms with Crippen LogP contribution in [0, 0.1) is 13.8 Å². The minimum absolute atomic E-state index is 0.281. The Bertz CT molecular complexity index is 943. The second kappa shape index (κ2) is 7.97. The number of aryl methyl sites for hydroxylation is 2. The fourth-order valence-corrected chi connectivity index (χ4v) is 2.67. The molecule has 0 radical (unpaired) electrons. The SMILES string of the molecule is Cc1ccc(C)c(Nc2cc(C(=O)NCc3ccccc3Cl)ncn2)c1. The zero-order valence-electron chi connectivity index (χ0n) is 14.6. The highest BCUT2D eigenvalue weighted by Crippen LogP contribution is 2.20. The number of aromatic nitrogens is 2. The van der Waals surface area contributed by atoms with Gasteiger partial charge in [0.15, 0.2) is 0 Å². The molecule has 0 aliphatic rings. The summed E-state index contributed by atoms with van der Waals surface area (Å²) < 4.78 is 0. The maximum Gasteiger partial charge on any atom is 0.270 e. The first-order valence-corrected chi connectivity index (χ1v) is 8.58. The molecular weight excluding hydrogens is 348 g/mol. The molecule has 0 bridgehead atoms. The van der Waals surface area contributed by atoms with Crippen LogP contribution in [-0.2, 0) is 6.54 Å². The Morgan fingerprint density at radius 3 is 2.69 bits per heavy atom. The first kappa shape index (κ1) is 17.9. The number of benzene rings is 2. The number of halogens is 1. The minimum Gasteiger partial charge on any atom is -0.347 e. The molecule has 26 heavy (non-hydrogen) atoms. The lowest BCUT2D eigenvalue weighted by Crippen LogP contribution is -2.24. The standard InChI is InChI=1S/C20H19ClN4O/c1-13-7-8-14(2)17(9-13)25-19-10-18(23-12-24-19)20(26)22-11-15-5-3-4-6-16(15)21/h3-10,12H,11H2,1-2H3,(H,22,26)(H,23,24,25). The number of hydrogen-bond acceptors (Lipinski definition) is 4. The number of carbonyl (C=O) groups excluding carboxylic acids is 1. The number of rotatable bonds is 5. The molecule has 2 aromatic carbocycles. The Labute approximate surface area is 157 Å². The van der Waals surface area contributed by atoms with Crippen LogP contribution in [0.4, 0.5) is 11.5 Å². The van der Waals surface area contributed by atoms with E-state index in [1.54, 1.807) is 12.1 Å². The quantitative estimate of drug-likeness (QED) is 0.701. The van der Waals surface area contributed by atoms with Gasteiger partial charge in [0.1, 0.15) is 17.8 Å². The van der Waals surface area contributed by atoms with Crippen LogP contribution in [0.2, 0.25) is 5.02 Å². The van der Waals surface area contributed by atoms with Crippen molar-refractivity contribution in [1.82, 2.24) is 15.3 Å². The molecule has 6 heteroatoms. The Balaban J connectivity index is 1.71. The Morgan fingerprint density at radius 2 is 1.88 bits per heavy atom. The van der Waals surface area contributed by atoms with E-state index in [4.69, 9.17) is 11.6 Å². The van der Waals surface area contributed by atoms with Crippen molar-refractivity contribution in [2.24, 2.45) is 0 Å². The van der Waals surface area contributed by atoms with Crippen LogP contribution >= 0.6 is 11.6 Å². The number of anilines is 2. The maximum atomic E-state index is 12.4. The van der Waals surface area contributed by atoms with Gasteiger partial charge in [0.2, 0.25) is 0 Å². The van der Waals surface area contributed by atoms with Gasteiger partial charge >= 0.3 is 0 Å². The van der Waals surface area contributed by atoms with Crippen molar-refractivity contribution in [2.75, 3.05) is 5.32 Å². The molecule has 1 heterocycles. The summed E-state index contributed by atoms with van der Waals surface area (Å²) in [6.45, 7) is 4.38. The molecule has 1 aromatic heterocycles. The number of amides is 1. The lowest BCUT2D eigenvalue weighted by molar-refractivity contribution is 0.0946. The predicted molar refractivity (Wildman–Crippen MR) is 104 cm³/mol. The predicted octanol–water partition coefficient (Wildman–Crippen LogP) is 4.42. The first-order valence-electron chi connectivity index (χ1n) is 8.21. The van der Waals surface area contributed by atoms with E-state index in [2.05, 4.69) is 20.6 Å². The molecule has 0 aliphatic heterocycles. The second-order valence-electron chi connectivity index (χ2n) is 6.01. The zero-order valence-corrected chi connectivity index (χ0v) is 15.3. The minimum atomic E-state index is -0.281. The van der Waals surface area contributed by atoms with Crippen LogP contribution in [0.25, 0.3) is 0 Å². The molecule has 3 rings (SSSR count). The lowest BCUT2D eigenvalue weighted by atomic mass is 10.1. The molecule has 0 aliphatic carbocycles. The van der Waals surface area contributed by atoms with Crippen molar-refractivity contribution < 1.29 is 4.79 Å². The van der Waals surface area contributed by atoms with E-state index in [9.17, 15) is 4.79 Å². The van der Waals surface area contributed by atoms with E-state index in [-0.39, 0.29) is 5.91 Å². The van der Waals surface area contributed by atoms with E-state index in [1.807, 2.05) is 50.2 Å². The second-order valence-corrected chi connectivity index (χ2v) is 6.41. The topological polar surface area (TPSA) is 66.9 Å². The van der Waals surface area contributed by atoms with E-state index >= 15 is 0 Å². The van der Waals surface area contributed by atoms with E-state index in [1.165, 1.54) is 6.33 Å². The highest BCUT2D eigenvalue weighted by atomic mass is 35.5. The summed E-state index contributed by atoms with van der Waals surface area (Å²) in [5.74, 6) is 0.285. The van der Waals surface area contributed by atoms with Gasteiger partial charge < -0.3 is 10.6 Å². The first-order chi connectivity index (χ1) is 12.5. The fraction of sp³-hybridized carbons (Fsp3) is 0.150. The average Bonchev–Trinajstić information content (AvgIpc) is 2.64. The summed E-state index contributed by atoms with van der Waals surface area (Å²) in [7, 11) is 0. The molecule has 0 fully saturated rings. The molecular formula is C20H19ClN4O. The van der Waals surface area contributed by atoms with Crippen LogP contribution in [-0.4, -0.2) is 15.9 Å². The third-order valence-corrected chi connectivity index (χ3v) is 4.32. The summed E-state index contributed by atoms with van der Waals surface area (Å²) in [6, 6.07) is 15.1. The number of nitrogens with zero attached hydrogens (tertiary/aromatic N) is 2. The van der Waals surface area contributed by atoms with Gasteiger partial charge in [-0.1, -0.05) is 41.9 Å². The van der Waals surface area contributed by atoms with Gasteiger partial charge in [-0.2, -0.15) is 0 Å². The van der Waals surface area contributed by atoms with Crippen LogP contribution in [0.5, 0.6) is 0 Å². The summed E-state index contributed by atoms with van der Waals surface area (Å²) in [5, 5.41) is 6.68. The van der Waals surface area contributed by atoms with Gasteiger partial charge in [-0.3, -0.25) is 4.79 Å². The van der Waals surface area contributed by atoms with Crippen molar-refractivity contribution in [2.45, 2.75) is 20.4 Å². The summed E-state index contributed by atoms with van der Waals surface area (Å²) in [5.41, 5.74) is 4.33. The molecule has 5 nitrogen and oxygen atoms in total. The molecule has 0 spiro atoms. The third kappa shape index (κ3) is 4.37. The van der Waals surface area contributed by atoms with Gasteiger partial charge in [0.05, 0.1) is 0 Å². The summed E-state index contributed by atoms with van der Waals surface area (Å²) in [4.78, 5) is 20.6. The number of carbonyl (C=O) groups is 1. The Morgan fingerprint density at radius 1 is 1.08 bits per heavy atom. The highest BCUT2D eigenvalue weighted by molar-refractivity contribution is 6.31. The van der Waals surface area contributed by atoms with Gasteiger partial charge in [0, 0.05) is 23.3 Å². The normalized spacial score (nSPS) is 10.4. The average molecular weight is 367 g/mol. The number of hydrogen-bond donors (Lipinski definition) is 2. The highest BCUT2D eigenvalue weighted by Gasteiger charge is 2.10. The van der Waals surface area contributed by atoms with Crippen molar-refractivity contribution >= 4 is 29.0 Å². The van der Waals surface area contributed by atoms with Crippen molar-refractivity contribution in [3.63, 3.8) is 0 Å². The van der Waals surface area contributed by atoms with E-state index < -0.39 is 0 Å². The fourth-order valence-electron chi connectivity index (χ4n) is 2.47. The van der Waals surface area contributed by atoms with Crippen molar-refractivity contribution in [1.29, 1.82) is 0 Å². The molecule has 132 valence electrons. The maximum absolute atomic E-state index is 12.4. The molecule has 0 unspecified atom stereocenters. The van der Waals surface area contributed by atoms with E-state index in [0.29, 0.717) is 23.1 Å². The molecule has 0 saturated carbocycles. The van der Waals surface area contributed by atoms with Crippen LogP contribution in [0.15, 0.2) is 54.9 Å².